The molecule has 19 heavy (non-hydrogen) atoms. The second kappa shape index (κ2) is 8.27. The molecule has 0 spiro atoms. The number of thioether (sulfide) groups is 1. The van der Waals surface area contributed by atoms with E-state index in [1.807, 2.05) is 6.26 Å². The molecule has 1 heterocycles. The molecule has 0 aliphatic carbocycles. The Morgan fingerprint density at radius 1 is 1.53 bits per heavy atom. The average Bonchev–Trinajstić information content (AvgIpc) is 2.42. The van der Waals surface area contributed by atoms with Crippen LogP contribution in [0.15, 0.2) is 0 Å². The van der Waals surface area contributed by atoms with E-state index in [4.69, 9.17) is 5.73 Å². The number of hydrogen-bond acceptors (Lipinski definition) is 4. The number of nitrogens with one attached hydrogen (secondary N) is 1. The largest absolute Gasteiger partial charge is 0.394 e. The fraction of sp³-hybridized carbons (Fsp3) is 0.833. The number of urea groups is 1. The summed E-state index contributed by atoms with van der Waals surface area (Å²) in [6, 6.07) is -1.40. The summed E-state index contributed by atoms with van der Waals surface area (Å²) >= 11 is 1.62. The quantitative estimate of drug-likeness (QED) is 0.648. The van der Waals surface area contributed by atoms with Gasteiger partial charge in [0.2, 0.25) is 5.91 Å². The van der Waals surface area contributed by atoms with Gasteiger partial charge in [0, 0.05) is 6.54 Å². The standard InChI is InChI=1S/C12H23N3O3S/c1-19-7-5-10(14-12(13)18)11(17)15-6-3-2-4-9(15)8-16/h9-10,16H,2-8H2,1H3,(H3,13,14,18). The van der Waals surface area contributed by atoms with Crippen LogP contribution < -0.4 is 11.1 Å². The van der Waals surface area contributed by atoms with Gasteiger partial charge < -0.3 is 21.1 Å². The molecule has 1 saturated heterocycles. The van der Waals surface area contributed by atoms with E-state index in [9.17, 15) is 14.7 Å². The maximum absolute atomic E-state index is 12.4. The number of carbonyl (C=O) groups is 2. The Labute approximate surface area is 118 Å². The predicted octanol–water partition coefficient (Wildman–Crippen LogP) is 0.150. The minimum Gasteiger partial charge on any atom is -0.394 e. The summed E-state index contributed by atoms with van der Waals surface area (Å²) in [6.07, 6.45) is 5.27. The van der Waals surface area contributed by atoms with Crippen LogP contribution in [0.3, 0.4) is 0 Å². The zero-order valence-electron chi connectivity index (χ0n) is 11.3. The molecular weight excluding hydrogens is 266 g/mol. The number of carbonyl (C=O) groups excluding carboxylic acids is 2. The average molecular weight is 289 g/mol. The van der Waals surface area contributed by atoms with E-state index in [-0.39, 0.29) is 18.6 Å². The van der Waals surface area contributed by atoms with Crippen molar-refractivity contribution in [1.82, 2.24) is 10.2 Å². The fourth-order valence-corrected chi connectivity index (χ4v) is 2.82. The summed E-state index contributed by atoms with van der Waals surface area (Å²) in [6.45, 7) is 0.609. The zero-order chi connectivity index (χ0) is 14.3. The molecule has 7 heteroatoms. The van der Waals surface area contributed by atoms with Gasteiger partial charge in [-0.1, -0.05) is 0 Å². The lowest BCUT2D eigenvalue weighted by atomic mass is 10.0. The molecule has 6 nitrogen and oxygen atoms in total. The summed E-state index contributed by atoms with van der Waals surface area (Å²) in [7, 11) is 0. The maximum Gasteiger partial charge on any atom is 0.312 e. The number of nitrogens with zero attached hydrogens (tertiary/aromatic N) is 1. The van der Waals surface area contributed by atoms with Crippen LogP contribution in [0.1, 0.15) is 25.7 Å². The summed E-state index contributed by atoms with van der Waals surface area (Å²) < 4.78 is 0. The molecule has 1 aliphatic rings. The second-order valence-corrected chi connectivity index (χ2v) is 5.69. The Kier molecular flexibility index (Phi) is 7.01. The zero-order valence-corrected chi connectivity index (χ0v) is 12.1. The van der Waals surface area contributed by atoms with E-state index in [1.165, 1.54) is 0 Å². The van der Waals surface area contributed by atoms with Crippen LogP contribution in [-0.2, 0) is 4.79 Å². The van der Waals surface area contributed by atoms with Gasteiger partial charge in [-0.3, -0.25) is 4.79 Å². The first kappa shape index (κ1) is 16.1. The van der Waals surface area contributed by atoms with Crippen LogP contribution in [-0.4, -0.2) is 59.2 Å². The fourth-order valence-electron chi connectivity index (χ4n) is 2.35. The number of hydrogen-bond donors (Lipinski definition) is 3. The first-order valence-corrected chi connectivity index (χ1v) is 7.95. The summed E-state index contributed by atoms with van der Waals surface area (Å²) in [5.41, 5.74) is 5.12. The predicted molar refractivity (Wildman–Crippen MR) is 75.9 cm³/mol. The van der Waals surface area contributed by atoms with Crippen LogP contribution in [0.5, 0.6) is 0 Å². The molecule has 110 valence electrons. The van der Waals surface area contributed by atoms with Crippen LogP contribution >= 0.6 is 11.8 Å². The van der Waals surface area contributed by atoms with Gasteiger partial charge in [0.25, 0.3) is 0 Å². The highest BCUT2D eigenvalue weighted by molar-refractivity contribution is 7.98. The van der Waals surface area contributed by atoms with E-state index < -0.39 is 12.1 Å². The van der Waals surface area contributed by atoms with Crippen LogP contribution in [0.2, 0.25) is 0 Å². The van der Waals surface area contributed by atoms with Gasteiger partial charge in [-0.25, -0.2) is 4.79 Å². The monoisotopic (exact) mass is 289 g/mol. The van der Waals surface area contributed by atoms with Gasteiger partial charge >= 0.3 is 6.03 Å². The number of amides is 3. The number of aliphatic hydroxyl groups excluding tert-OH is 1. The third-order valence-electron chi connectivity index (χ3n) is 3.35. The summed E-state index contributed by atoms with van der Waals surface area (Å²) in [5.74, 6) is 0.639. The van der Waals surface area contributed by atoms with Crippen molar-refractivity contribution in [3.05, 3.63) is 0 Å². The number of likely N-dealkylation sites (tertiary alicyclic amines) is 1. The molecular formula is C12H23N3O3S. The molecule has 0 bridgehead atoms. The van der Waals surface area contributed by atoms with Crippen molar-refractivity contribution in [2.24, 2.45) is 5.73 Å². The van der Waals surface area contributed by atoms with Crippen LogP contribution in [0, 0.1) is 0 Å². The molecule has 2 atom stereocenters. The van der Waals surface area contributed by atoms with Crippen molar-refractivity contribution in [3.63, 3.8) is 0 Å². The van der Waals surface area contributed by atoms with Crippen molar-refractivity contribution < 1.29 is 14.7 Å². The first-order chi connectivity index (χ1) is 9.10. The van der Waals surface area contributed by atoms with E-state index in [0.29, 0.717) is 13.0 Å². The Hall–Kier alpha value is -0.950. The number of nitrogens with two attached hydrogens (primary N) is 1. The molecule has 2 unspecified atom stereocenters. The molecule has 1 rings (SSSR count). The smallest absolute Gasteiger partial charge is 0.312 e. The molecule has 0 saturated carbocycles. The van der Waals surface area contributed by atoms with Crippen molar-refractivity contribution in [2.45, 2.75) is 37.8 Å². The molecule has 0 radical (unpaired) electrons. The van der Waals surface area contributed by atoms with Crippen molar-refractivity contribution >= 4 is 23.7 Å². The van der Waals surface area contributed by atoms with Gasteiger partial charge in [0.1, 0.15) is 6.04 Å². The van der Waals surface area contributed by atoms with E-state index in [0.717, 1.165) is 25.0 Å². The minimum absolute atomic E-state index is 0.0302. The highest BCUT2D eigenvalue weighted by Crippen LogP contribution is 2.18. The molecule has 0 aromatic rings. The van der Waals surface area contributed by atoms with Gasteiger partial charge in [0.15, 0.2) is 0 Å². The normalized spacial score (nSPS) is 20.9. The van der Waals surface area contributed by atoms with Gasteiger partial charge in [0.05, 0.1) is 12.6 Å². The van der Waals surface area contributed by atoms with Crippen molar-refractivity contribution in [2.75, 3.05) is 25.2 Å². The molecule has 4 N–H and O–H groups in total. The number of primary amides is 1. The van der Waals surface area contributed by atoms with Gasteiger partial charge in [-0.15, -0.1) is 0 Å². The minimum atomic E-state index is -0.683. The highest BCUT2D eigenvalue weighted by atomic mass is 32.2. The van der Waals surface area contributed by atoms with E-state index in [1.54, 1.807) is 16.7 Å². The van der Waals surface area contributed by atoms with Crippen molar-refractivity contribution in [3.8, 4) is 0 Å². The third kappa shape index (κ3) is 4.91. The van der Waals surface area contributed by atoms with Gasteiger partial charge in [-0.05, 0) is 37.7 Å². The molecule has 3 amide bonds. The van der Waals surface area contributed by atoms with Crippen molar-refractivity contribution in [1.29, 1.82) is 0 Å². The van der Waals surface area contributed by atoms with E-state index >= 15 is 0 Å². The maximum atomic E-state index is 12.4. The Balaban J connectivity index is 2.69. The third-order valence-corrected chi connectivity index (χ3v) is 3.99. The number of piperidine rings is 1. The summed E-state index contributed by atoms with van der Waals surface area (Å²) in [4.78, 5) is 25.1. The first-order valence-electron chi connectivity index (χ1n) is 6.56. The molecule has 0 aromatic heterocycles. The second-order valence-electron chi connectivity index (χ2n) is 4.71. The lowest BCUT2D eigenvalue weighted by Gasteiger charge is -2.37. The van der Waals surface area contributed by atoms with E-state index in [2.05, 4.69) is 5.32 Å². The van der Waals surface area contributed by atoms with Crippen LogP contribution in [0.4, 0.5) is 4.79 Å². The number of rotatable bonds is 6. The topological polar surface area (TPSA) is 95.7 Å². The molecule has 1 aliphatic heterocycles. The van der Waals surface area contributed by atoms with Crippen LogP contribution in [0.25, 0.3) is 0 Å². The number of aliphatic hydroxyl groups is 1. The summed E-state index contributed by atoms with van der Waals surface area (Å²) in [5, 5.41) is 11.8. The molecule has 0 aromatic carbocycles. The Bertz CT molecular complexity index is 315. The Morgan fingerprint density at radius 3 is 2.84 bits per heavy atom. The highest BCUT2D eigenvalue weighted by Gasteiger charge is 2.31. The lowest BCUT2D eigenvalue weighted by Crippen LogP contribution is -2.55. The SMILES string of the molecule is CSCCC(NC(N)=O)C(=O)N1CCCCC1CO. The Morgan fingerprint density at radius 2 is 2.26 bits per heavy atom. The lowest BCUT2D eigenvalue weighted by molar-refractivity contribution is -0.138. The van der Waals surface area contributed by atoms with Gasteiger partial charge in [-0.2, -0.15) is 11.8 Å². The molecule has 1 fully saturated rings.